The summed E-state index contributed by atoms with van der Waals surface area (Å²) in [6.45, 7) is 1.59. The topological polar surface area (TPSA) is 76.0 Å². The van der Waals surface area contributed by atoms with Crippen LogP contribution in [0.1, 0.15) is 22.0 Å². The monoisotopic (exact) mass is 387 g/mol. The van der Waals surface area contributed by atoms with E-state index in [9.17, 15) is 18.0 Å². The second-order valence-corrected chi connectivity index (χ2v) is 6.72. The van der Waals surface area contributed by atoms with Gasteiger partial charge in [0.2, 0.25) is 0 Å². The predicted molar refractivity (Wildman–Crippen MR) is 84.7 cm³/mol. The summed E-state index contributed by atoms with van der Waals surface area (Å²) in [5.74, 6) is 0. The molecule has 0 aliphatic carbocycles. The number of rotatable bonds is 3. The van der Waals surface area contributed by atoms with Crippen LogP contribution in [0.4, 0.5) is 13.2 Å². The Morgan fingerprint density at radius 1 is 1.40 bits per heavy atom. The van der Waals surface area contributed by atoms with Crippen LogP contribution in [0, 0.1) is 18.3 Å². The number of alkyl halides is 3. The molecule has 11 heteroatoms. The van der Waals surface area contributed by atoms with Crippen LogP contribution >= 0.6 is 22.9 Å². The Morgan fingerprint density at radius 3 is 2.72 bits per heavy atom. The molecule has 6 nitrogen and oxygen atoms in total. The Morgan fingerprint density at radius 2 is 2.12 bits per heavy atom. The van der Waals surface area contributed by atoms with Crippen molar-refractivity contribution >= 4 is 27.9 Å². The lowest BCUT2D eigenvalue weighted by atomic mass is 10.3. The zero-order valence-corrected chi connectivity index (χ0v) is 14.2. The molecule has 0 bridgehead atoms. The molecule has 3 aromatic rings. The van der Waals surface area contributed by atoms with Gasteiger partial charge in [-0.2, -0.15) is 23.5 Å². The van der Waals surface area contributed by atoms with E-state index in [1.165, 1.54) is 21.8 Å². The van der Waals surface area contributed by atoms with Crippen molar-refractivity contribution in [1.82, 2.24) is 19.2 Å². The van der Waals surface area contributed by atoms with Gasteiger partial charge in [0.25, 0.3) is 5.56 Å². The van der Waals surface area contributed by atoms with E-state index in [0.29, 0.717) is 16.7 Å². The minimum Gasteiger partial charge on any atom is -0.269 e. The molecule has 3 heterocycles. The van der Waals surface area contributed by atoms with Gasteiger partial charge in [0.05, 0.1) is 30.4 Å². The lowest BCUT2D eigenvalue weighted by Gasteiger charge is -2.04. The van der Waals surface area contributed by atoms with Gasteiger partial charge in [-0.1, -0.05) is 11.6 Å². The van der Waals surface area contributed by atoms with E-state index in [-0.39, 0.29) is 23.8 Å². The molecule has 0 aliphatic heterocycles. The predicted octanol–water partition coefficient (Wildman–Crippen LogP) is 3.05. The summed E-state index contributed by atoms with van der Waals surface area (Å²) >= 11 is 7.01. The standard InChI is InChI=1S/C14H9ClF3N5OS/c1-7-9(2-3-19)23-12(24)4-8(20-13(23)25-7)6-22-11(15)5-10(21-22)14(16,17)18/h4-5H,2,6H2,1H3. The number of fused-ring (bicyclic) bond motifs is 1. The summed E-state index contributed by atoms with van der Waals surface area (Å²) in [4.78, 5) is 17.7. The van der Waals surface area contributed by atoms with E-state index >= 15 is 0 Å². The first-order valence-corrected chi connectivity index (χ1v) is 8.08. The Balaban J connectivity index is 2.03. The summed E-state index contributed by atoms with van der Waals surface area (Å²) in [7, 11) is 0. The molecule has 130 valence electrons. The fraction of sp³-hybridized carbons (Fsp3) is 0.286. The number of aromatic nitrogens is 4. The SMILES string of the molecule is Cc1sc2nc(Cn3nc(C(F)(F)F)cc3Cl)cc(=O)n2c1CC#N. The average molecular weight is 388 g/mol. The molecule has 0 saturated carbocycles. The maximum atomic E-state index is 12.7. The van der Waals surface area contributed by atoms with Crippen LogP contribution in [0.5, 0.6) is 0 Å². The number of aryl methyl sites for hydroxylation is 1. The first-order chi connectivity index (χ1) is 11.7. The highest BCUT2D eigenvalue weighted by molar-refractivity contribution is 7.17. The molecular weight excluding hydrogens is 379 g/mol. The largest absolute Gasteiger partial charge is 0.435 e. The quantitative estimate of drug-likeness (QED) is 0.692. The number of nitrogens with zero attached hydrogens (tertiary/aromatic N) is 5. The Labute approximate surface area is 147 Å². The van der Waals surface area contributed by atoms with Gasteiger partial charge < -0.3 is 0 Å². The van der Waals surface area contributed by atoms with E-state index in [2.05, 4.69) is 10.1 Å². The number of halogens is 4. The lowest BCUT2D eigenvalue weighted by molar-refractivity contribution is -0.141. The molecule has 0 spiro atoms. The molecule has 0 unspecified atom stereocenters. The minimum atomic E-state index is -4.61. The zero-order valence-electron chi connectivity index (χ0n) is 12.6. The number of nitriles is 1. The molecule has 3 rings (SSSR count). The maximum absolute atomic E-state index is 12.7. The number of hydrogen-bond acceptors (Lipinski definition) is 5. The minimum absolute atomic E-state index is 0.0622. The van der Waals surface area contributed by atoms with Crippen molar-refractivity contribution in [3.05, 3.63) is 49.6 Å². The third-order valence-electron chi connectivity index (χ3n) is 3.44. The third-order valence-corrected chi connectivity index (χ3v) is 4.74. The molecule has 0 fully saturated rings. The van der Waals surface area contributed by atoms with Gasteiger partial charge in [-0.25, -0.2) is 9.67 Å². The first kappa shape index (κ1) is 17.4. The van der Waals surface area contributed by atoms with Crippen LogP contribution in [0.3, 0.4) is 0 Å². The summed E-state index contributed by atoms with van der Waals surface area (Å²) in [6.07, 6.45) is -4.55. The van der Waals surface area contributed by atoms with Crippen LogP contribution < -0.4 is 5.56 Å². The van der Waals surface area contributed by atoms with Crippen LogP contribution in [-0.2, 0) is 19.1 Å². The van der Waals surface area contributed by atoms with Crippen LogP contribution in [0.25, 0.3) is 4.96 Å². The van der Waals surface area contributed by atoms with E-state index in [1.807, 2.05) is 6.07 Å². The number of hydrogen-bond donors (Lipinski definition) is 0. The Kier molecular flexibility index (Phi) is 4.30. The number of thiazole rings is 1. The fourth-order valence-electron chi connectivity index (χ4n) is 2.33. The third kappa shape index (κ3) is 3.25. The molecule has 0 amide bonds. The molecule has 0 saturated heterocycles. The van der Waals surface area contributed by atoms with Crippen LogP contribution in [-0.4, -0.2) is 19.2 Å². The van der Waals surface area contributed by atoms with E-state index < -0.39 is 17.4 Å². The molecule has 25 heavy (non-hydrogen) atoms. The Hall–Kier alpha value is -2.38. The average Bonchev–Trinajstić information content (AvgIpc) is 3.01. The highest BCUT2D eigenvalue weighted by Crippen LogP contribution is 2.30. The van der Waals surface area contributed by atoms with E-state index in [1.54, 1.807) is 6.92 Å². The fourth-order valence-corrected chi connectivity index (χ4v) is 3.54. The van der Waals surface area contributed by atoms with Gasteiger partial charge in [0, 0.05) is 17.0 Å². The van der Waals surface area contributed by atoms with Crippen LogP contribution in [0.15, 0.2) is 16.9 Å². The smallest absolute Gasteiger partial charge is 0.269 e. The van der Waals surface area contributed by atoms with Crippen molar-refractivity contribution in [2.45, 2.75) is 26.1 Å². The second kappa shape index (κ2) is 6.16. The molecule has 0 aromatic carbocycles. The zero-order chi connectivity index (χ0) is 18.4. The summed E-state index contributed by atoms with van der Waals surface area (Å²) in [5, 5.41) is 12.1. The first-order valence-electron chi connectivity index (χ1n) is 6.89. The van der Waals surface area contributed by atoms with E-state index in [4.69, 9.17) is 16.9 Å². The summed E-state index contributed by atoms with van der Waals surface area (Å²) in [6, 6.07) is 3.91. The van der Waals surface area contributed by atoms with Crippen LogP contribution in [0.2, 0.25) is 5.15 Å². The summed E-state index contributed by atoms with van der Waals surface area (Å²) < 4.78 is 40.3. The normalized spacial score (nSPS) is 11.8. The van der Waals surface area contributed by atoms with Gasteiger partial charge in [-0.15, -0.1) is 11.3 Å². The molecular formula is C14H9ClF3N5OS. The van der Waals surface area contributed by atoms with Gasteiger partial charge in [-0.05, 0) is 6.92 Å². The summed E-state index contributed by atoms with van der Waals surface area (Å²) in [5.41, 5.74) is -0.732. The van der Waals surface area contributed by atoms with Gasteiger partial charge in [0.15, 0.2) is 10.7 Å². The van der Waals surface area contributed by atoms with Crippen molar-refractivity contribution in [3.8, 4) is 6.07 Å². The highest BCUT2D eigenvalue weighted by atomic mass is 35.5. The van der Waals surface area contributed by atoms with Crippen molar-refractivity contribution < 1.29 is 13.2 Å². The molecule has 0 aliphatic rings. The molecule has 3 aromatic heterocycles. The molecule has 0 atom stereocenters. The van der Waals surface area contributed by atoms with Crippen molar-refractivity contribution in [2.24, 2.45) is 0 Å². The lowest BCUT2D eigenvalue weighted by Crippen LogP contribution is -2.18. The van der Waals surface area contributed by atoms with Gasteiger partial charge in [0.1, 0.15) is 5.15 Å². The van der Waals surface area contributed by atoms with Gasteiger partial charge in [-0.3, -0.25) is 9.20 Å². The van der Waals surface area contributed by atoms with E-state index in [0.717, 1.165) is 9.56 Å². The highest BCUT2D eigenvalue weighted by Gasteiger charge is 2.34. The van der Waals surface area contributed by atoms with Crippen molar-refractivity contribution in [1.29, 1.82) is 5.26 Å². The molecule has 0 radical (unpaired) electrons. The van der Waals surface area contributed by atoms with Crippen molar-refractivity contribution in [2.75, 3.05) is 0 Å². The molecule has 0 N–H and O–H groups in total. The van der Waals surface area contributed by atoms with Crippen molar-refractivity contribution in [3.63, 3.8) is 0 Å². The maximum Gasteiger partial charge on any atom is 0.435 e. The second-order valence-electron chi connectivity index (χ2n) is 5.15. The van der Waals surface area contributed by atoms with Gasteiger partial charge >= 0.3 is 6.18 Å². The Bertz CT molecular complexity index is 1060.